The van der Waals surface area contributed by atoms with Crippen LogP contribution in [0.4, 0.5) is 0 Å². The van der Waals surface area contributed by atoms with Gasteiger partial charge >= 0.3 is 0 Å². The van der Waals surface area contributed by atoms with Gasteiger partial charge in [-0.3, -0.25) is 0 Å². The smallest absolute Gasteiger partial charge is 0.0433 e. The maximum absolute atomic E-state index is 2.35. The van der Waals surface area contributed by atoms with Crippen molar-refractivity contribution in [2.24, 2.45) is 0 Å². The molecule has 1 heteroatoms. The predicted molar refractivity (Wildman–Crippen MR) is 188 cm³/mol. The van der Waals surface area contributed by atoms with E-state index >= 15 is 0 Å². The van der Waals surface area contributed by atoms with Gasteiger partial charge in [-0.2, -0.15) is 0 Å². The van der Waals surface area contributed by atoms with E-state index in [2.05, 4.69) is 158 Å². The van der Waals surface area contributed by atoms with Crippen LogP contribution in [0.25, 0.3) is 85.9 Å². The van der Waals surface area contributed by atoms with Gasteiger partial charge in [-0.25, -0.2) is 0 Å². The Balaban J connectivity index is 1.23. The molecule has 1 heterocycles. The van der Waals surface area contributed by atoms with Gasteiger partial charge in [0.2, 0.25) is 0 Å². The van der Waals surface area contributed by atoms with Crippen molar-refractivity contribution < 1.29 is 0 Å². The van der Waals surface area contributed by atoms with Gasteiger partial charge in [-0.15, -0.1) is 11.3 Å². The summed E-state index contributed by atoms with van der Waals surface area (Å²) < 4.78 is 2.69. The maximum Gasteiger partial charge on any atom is 0.0433 e. The SMILES string of the molecule is c1ccc(-c2c3ccccc3c(-c3ccc(-c4cccc5c4sc4cc6ccccc6cc45)cc3)c3ccccc23)cc1. The molecule has 0 saturated carbocycles. The molecule has 0 aliphatic carbocycles. The highest BCUT2D eigenvalue weighted by atomic mass is 32.1. The van der Waals surface area contributed by atoms with E-state index in [1.165, 1.54) is 85.9 Å². The lowest BCUT2D eigenvalue weighted by atomic mass is 9.86. The Morgan fingerprint density at radius 2 is 0.814 bits per heavy atom. The van der Waals surface area contributed by atoms with E-state index in [1.54, 1.807) is 0 Å². The third-order valence-electron chi connectivity index (χ3n) is 8.84. The van der Waals surface area contributed by atoms with Crippen molar-refractivity contribution in [3.63, 3.8) is 0 Å². The monoisotopic (exact) mass is 562 g/mol. The first-order chi connectivity index (χ1) is 21.3. The Labute approximate surface area is 254 Å². The highest BCUT2D eigenvalue weighted by Gasteiger charge is 2.17. The quantitative estimate of drug-likeness (QED) is 0.188. The summed E-state index contributed by atoms with van der Waals surface area (Å²) in [4.78, 5) is 0. The zero-order valence-corrected chi connectivity index (χ0v) is 24.2. The van der Waals surface area contributed by atoms with Crippen molar-refractivity contribution in [2.45, 2.75) is 0 Å². The molecule has 0 aliphatic heterocycles. The molecule has 0 spiro atoms. The van der Waals surface area contributed by atoms with Crippen molar-refractivity contribution in [2.75, 3.05) is 0 Å². The topological polar surface area (TPSA) is 0 Å². The highest BCUT2D eigenvalue weighted by Crippen LogP contribution is 2.45. The first-order valence-electron chi connectivity index (χ1n) is 14.8. The van der Waals surface area contributed by atoms with Crippen molar-refractivity contribution >= 4 is 63.8 Å². The molecular formula is C42H26S. The molecule has 0 atom stereocenters. The van der Waals surface area contributed by atoms with Gasteiger partial charge in [-0.05, 0) is 77.8 Å². The summed E-state index contributed by atoms with van der Waals surface area (Å²) in [7, 11) is 0. The molecule has 0 aliphatic rings. The molecule has 9 rings (SSSR count). The van der Waals surface area contributed by atoms with Crippen molar-refractivity contribution in [3.8, 4) is 33.4 Å². The summed E-state index contributed by atoms with van der Waals surface area (Å²) in [6.45, 7) is 0. The molecule has 8 aromatic carbocycles. The van der Waals surface area contributed by atoms with Crippen LogP contribution in [-0.2, 0) is 0 Å². The zero-order chi connectivity index (χ0) is 28.3. The van der Waals surface area contributed by atoms with E-state index in [-0.39, 0.29) is 0 Å². The molecular weight excluding hydrogens is 537 g/mol. The van der Waals surface area contributed by atoms with Gasteiger partial charge in [0.05, 0.1) is 0 Å². The van der Waals surface area contributed by atoms with Gasteiger partial charge in [-0.1, -0.05) is 146 Å². The lowest BCUT2D eigenvalue weighted by molar-refractivity contribution is 1.64. The van der Waals surface area contributed by atoms with Crippen LogP contribution in [0.3, 0.4) is 0 Å². The number of thiophene rings is 1. The second-order valence-electron chi connectivity index (χ2n) is 11.3. The molecule has 9 aromatic rings. The first kappa shape index (κ1) is 24.4. The summed E-state index contributed by atoms with van der Waals surface area (Å²) in [6.07, 6.45) is 0. The van der Waals surface area contributed by atoms with E-state index in [9.17, 15) is 0 Å². The Morgan fingerprint density at radius 1 is 0.326 bits per heavy atom. The van der Waals surface area contributed by atoms with E-state index in [4.69, 9.17) is 0 Å². The number of fused-ring (bicyclic) bond motifs is 6. The lowest BCUT2D eigenvalue weighted by Gasteiger charge is -2.18. The van der Waals surface area contributed by atoms with Crippen LogP contribution in [-0.4, -0.2) is 0 Å². The number of hydrogen-bond donors (Lipinski definition) is 0. The Bertz CT molecular complexity index is 2420. The largest absolute Gasteiger partial charge is 0.135 e. The fourth-order valence-corrected chi connectivity index (χ4v) is 8.15. The zero-order valence-electron chi connectivity index (χ0n) is 23.4. The number of rotatable bonds is 3. The molecule has 0 unspecified atom stereocenters. The van der Waals surface area contributed by atoms with E-state index < -0.39 is 0 Å². The number of benzene rings is 8. The Kier molecular flexibility index (Phi) is 5.47. The lowest BCUT2D eigenvalue weighted by Crippen LogP contribution is -1.90. The third kappa shape index (κ3) is 3.82. The fraction of sp³-hybridized carbons (Fsp3) is 0. The molecule has 0 nitrogen and oxygen atoms in total. The fourth-order valence-electron chi connectivity index (χ4n) is 6.88. The van der Waals surface area contributed by atoms with E-state index in [0.717, 1.165) is 0 Å². The molecule has 0 saturated heterocycles. The van der Waals surface area contributed by atoms with Gasteiger partial charge in [0, 0.05) is 20.2 Å². The molecule has 0 radical (unpaired) electrons. The average Bonchev–Trinajstić information content (AvgIpc) is 3.44. The summed E-state index contributed by atoms with van der Waals surface area (Å²) >= 11 is 1.90. The molecule has 0 fully saturated rings. The summed E-state index contributed by atoms with van der Waals surface area (Å²) in [6, 6.07) is 57.9. The molecule has 1 aromatic heterocycles. The van der Waals surface area contributed by atoms with Gasteiger partial charge < -0.3 is 0 Å². The van der Waals surface area contributed by atoms with Gasteiger partial charge in [0.15, 0.2) is 0 Å². The van der Waals surface area contributed by atoms with Crippen LogP contribution < -0.4 is 0 Å². The van der Waals surface area contributed by atoms with Crippen LogP contribution in [0.2, 0.25) is 0 Å². The first-order valence-corrected chi connectivity index (χ1v) is 15.6. The molecule has 43 heavy (non-hydrogen) atoms. The third-order valence-corrected chi connectivity index (χ3v) is 10.0. The molecule has 0 amide bonds. The van der Waals surface area contributed by atoms with Crippen LogP contribution >= 0.6 is 11.3 Å². The standard InChI is InChI=1S/C42H26S/c1-2-11-28(12-3-1)40-33-15-6-8-17-35(33)41(36-18-9-7-16-34(36)40)29-23-21-27(22-24-29)32-19-10-20-37-38-25-30-13-4-5-14-31(30)26-39(38)43-42(32)37/h1-26H. The van der Waals surface area contributed by atoms with E-state index in [1.807, 2.05) is 11.3 Å². The predicted octanol–water partition coefficient (Wildman–Crippen LogP) is 12.5. The summed E-state index contributed by atoms with van der Waals surface area (Å²) in [5.41, 5.74) is 7.63. The van der Waals surface area contributed by atoms with Crippen LogP contribution in [0.1, 0.15) is 0 Å². The average molecular weight is 563 g/mol. The second-order valence-corrected chi connectivity index (χ2v) is 12.3. The molecule has 0 bridgehead atoms. The van der Waals surface area contributed by atoms with Crippen LogP contribution in [0.15, 0.2) is 158 Å². The van der Waals surface area contributed by atoms with Gasteiger partial charge in [0.1, 0.15) is 0 Å². The minimum absolute atomic E-state index is 1.24. The second kappa shape index (κ2) is 9.66. The minimum atomic E-state index is 1.24. The van der Waals surface area contributed by atoms with E-state index in [0.29, 0.717) is 0 Å². The Morgan fingerprint density at radius 3 is 1.44 bits per heavy atom. The normalized spacial score (nSPS) is 11.7. The van der Waals surface area contributed by atoms with Crippen LogP contribution in [0.5, 0.6) is 0 Å². The summed E-state index contributed by atoms with van der Waals surface area (Å²) in [5, 5.41) is 10.4. The van der Waals surface area contributed by atoms with Crippen molar-refractivity contribution in [1.29, 1.82) is 0 Å². The van der Waals surface area contributed by atoms with Crippen molar-refractivity contribution in [1.82, 2.24) is 0 Å². The maximum atomic E-state index is 2.35. The van der Waals surface area contributed by atoms with Gasteiger partial charge in [0.25, 0.3) is 0 Å². The molecule has 0 N–H and O–H groups in total. The number of hydrogen-bond acceptors (Lipinski definition) is 1. The van der Waals surface area contributed by atoms with Crippen molar-refractivity contribution in [3.05, 3.63) is 158 Å². The highest BCUT2D eigenvalue weighted by molar-refractivity contribution is 7.26. The molecule has 200 valence electrons. The van der Waals surface area contributed by atoms with Crippen LogP contribution in [0, 0.1) is 0 Å². The summed E-state index contributed by atoms with van der Waals surface area (Å²) in [5.74, 6) is 0. The minimum Gasteiger partial charge on any atom is -0.135 e. The Hall–Kier alpha value is -5.24.